The molecular weight excluding hydrogens is 316 g/mol. The molecule has 4 heteroatoms. The van der Waals surface area contributed by atoms with Gasteiger partial charge >= 0.3 is 0 Å². The summed E-state index contributed by atoms with van der Waals surface area (Å²) in [5, 5.41) is 11.9. The highest BCUT2D eigenvalue weighted by molar-refractivity contribution is 9.10. The minimum atomic E-state index is -0.197. The molecule has 0 bridgehead atoms. The van der Waals surface area contributed by atoms with Crippen molar-refractivity contribution in [2.75, 3.05) is 5.32 Å². The average Bonchev–Trinajstić information content (AvgIpc) is 2.47. The molecule has 0 aromatic heterocycles. The normalized spacial score (nSPS) is 9.85. The maximum Gasteiger partial charge on any atom is 0.255 e. The van der Waals surface area contributed by atoms with Crippen molar-refractivity contribution >= 4 is 27.5 Å². The molecule has 0 unspecified atom stereocenters. The fourth-order valence-corrected chi connectivity index (χ4v) is 2.32. The van der Waals surface area contributed by atoms with Crippen molar-refractivity contribution < 1.29 is 4.79 Å². The molecule has 1 N–H and O–H groups in total. The van der Waals surface area contributed by atoms with Gasteiger partial charge in [0.05, 0.1) is 11.3 Å². The molecule has 20 heavy (non-hydrogen) atoms. The summed E-state index contributed by atoms with van der Waals surface area (Å²) in [4.78, 5) is 12.3. The van der Waals surface area contributed by atoms with Crippen LogP contribution in [0.1, 0.15) is 28.4 Å². The highest BCUT2D eigenvalue weighted by Gasteiger charge is 2.12. The van der Waals surface area contributed by atoms with Crippen molar-refractivity contribution in [1.29, 1.82) is 5.26 Å². The van der Waals surface area contributed by atoms with Crippen molar-refractivity contribution in [1.82, 2.24) is 0 Å². The standard InChI is InChI=1S/C16H13BrN2O/c1-2-11-5-3-4-6-14(11)16(20)19-15-9-13(17)8-7-12(15)10-18/h3-9H,2H2,1H3,(H,19,20). The van der Waals surface area contributed by atoms with Crippen LogP contribution in [0, 0.1) is 11.3 Å². The van der Waals surface area contributed by atoms with Gasteiger partial charge in [-0.25, -0.2) is 0 Å². The van der Waals surface area contributed by atoms with Gasteiger partial charge in [0.25, 0.3) is 5.91 Å². The van der Waals surface area contributed by atoms with Gasteiger partial charge < -0.3 is 5.32 Å². The summed E-state index contributed by atoms with van der Waals surface area (Å²) >= 11 is 3.34. The Labute approximate surface area is 126 Å². The van der Waals surface area contributed by atoms with Gasteiger partial charge in [-0.05, 0) is 36.2 Å². The van der Waals surface area contributed by atoms with E-state index in [1.165, 1.54) is 0 Å². The zero-order valence-electron chi connectivity index (χ0n) is 11.0. The van der Waals surface area contributed by atoms with Gasteiger partial charge in [-0.2, -0.15) is 5.26 Å². The van der Waals surface area contributed by atoms with E-state index >= 15 is 0 Å². The monoisotopic (exact) mass is 328 g/mol. The Kier molecular flexibility index (Phi) is 4.54. The minimum Gasteiger partial charge on any atom is -0.321 e. The van der Waals surface area contributed by atoms with E-state index in [1.807, 2.05) is 25.1 Å². The fraction of sp³-hybridized carbons (Fsp3) is 0.125. The highest BCUT2D eigenvalue weighted by atomic mass is 79.9. The largest absolute Gasteiger partial charge is 0.321 e. The van der Waals surface area contributed by atoms with E-state index in [0.717, 1.165) is 16.5 Å². The second-order valence-electron chi connectivity index (χ2n) is 4.27. The van der Waals surface area contributed by atoms with Crippen LogP contribution in [0.4, 0.5) is 5.69 Å². The summed E-state index contributed by atoms with van der Waals surface area (Å²) < 4.78 is 0.815. The van der Waals surface area contributed by atoms with Crippen LogP contribution < -0.4 is 5.32 Å². The van der Waals surface area contributed by atoms with Crippen LogP contribution in [0.15, 0.2) is 46.9 Å². The molecule has 0 heterocycles. The maximum atomic E-state index is 12.3. The number of nitrogens with zero attached hydrogens (tertiary/aromatic N) is 1. The number of nitrogens with one attached hydrogen (secondary N) is 1. The van der Waals surface area contributed by atoms with E-state index in [0.29, 0.717) is 16.8 Å². The summed E-state index contributed by atoms with van der Waals surface area (Å²) in [7, 11) is 0. The molecule has 0 fully saturated rings. The lowest BCUT2D eigenvalue weighted by Gasteiger charge is -2.10. The predicted octanol–water partition coefficient (Wildman–Crippen LogP) is 4.14. The Hall–Kier alpha value is -2.12. The SMILES string of the molecule is CCc1ccccc1C(=O)Nc1cc(Br)ccc1C#N. The van der Waals surface area contributed by atoms with Crippen LogP contribution in [-0.4, -0.2) is 5.91 Å². The zero-order valence-corrected chi connectivity index (χ0v) is 12.6. The van der Waals surface area contributed by atoms with E-state index < -0.39 is 0 Å². The first-order valence-electron chi connectivity index (χ1n) is 6.24. The van der Waals surface area contributed by atoms with Crippen LogP contribution in [0.5, 0.6) is 0 Å². The van der Waals surface area contributed by atoms with Gasteiger partial charge in [0.15, 0.2) is 0 Å². The first kappa shape index (κ1) is 14.3. The molecule has 2 aromatic rings. The smallest absolute Gasteiger partial charge is 0.255 e. The Balaban J connectivity index is 2.33. The van der Waals surface area contributed by atoms with Crippen molar-refractivity contribution in [3.05, 3.63) is 63.6 Å². The van der Waals surface area contributed by atoms with Gasteiger partial charge in [-0.15, -0.1) is 0 Å². The van der Waals surface area contributed by atoms with E-state index in [9.17, 15) is 4.79 Å². The fourth-order valence-electron chi connectivity index (χ4n) is 1.96. The molecule has 0 radical (unpaired) electrons. The Bertz CT molecular complexity index is 689. The van der Waals surface area contributed by atoms with Crippen molar-refractivity contribution in [3.63, 3.8) is 0 Å². The topological polar surface area (TPSA) is 52.9 Å². The molecule has 0 aliphatic heterocycles. The van der Waals surface area contributed by atoms with E-state index in [1.54, 1.807) is 24.3 Å². The van der Waals surface area contributed by atoms with Crippen molar-refractivity contribution in [3.8, 4) is 6.07 Å². The van der Waals surface area contributed by atoms with Crippen molar-refractivity contribution in [2.45, 2.75) is 13.3 Å². The lowest BCUT2D eigenvalue weighted by Crippen LogP contribution is -2.14. The molecule has 1 amide bonds. The summed E-state index contributed by atoms with van der Waals surface area (Å²) in [5.41, 5.74) is 2.57. The number of benzene rings is 2. The molecule has 0 spiro atoms. The molecule has 0 saturated carbocycles. The minimum absolute atomic E-state index is 0.197. The molecule has 0 aliphatic rings. The predicted molar refractivity (Wildman–Crippen MR) is 82.6 cm³/mol. The van der Waals surface area contributed by atoms with Crippen LogP contribution in [0.25, 0.3) is 0 Å². The number of nitriles is 1. The number of aryl methyl sites for hydroxylation is 1. The number of hydrogen-bond donors (Lipinski definition) is 1. The quantitative estimate of drug-likeness (QED) is 0.920. The summed E-state index contributed by atoms with van der Waals surface area (Å²) in [6, 6.07) is 14.7. The maximum absolute atomic E-state index is 12.3. The van der Waals surface area contributed by atoms with E-state index in [4.69, 9.17) is 5.26 Å². The molecule has 2 rings (SSSR count). The van der Waals surface area contributed by atoms with Crippen LogP contribution >= 0.6 is 15.9 Å². The third kappa shape index (κ3) is 3.06. The third-order valence-electron chi connectivity index (χ3n) is 2.99. The first-order valence-corrected chi connectivity index (χ1v) is 7.04. The first-order chi connectivity index (χ1) is 9.65. The van der Waals surface area contributed by atoms with Crippen LogP contribution in [0.3, 0.4) is 0 Å². The average molecular weight is 329 g/mol. The molecule has 0 saturated heterocycles. The van der Waals surface area contributed by atoms with Crippen LogP contribution in [0.2, 0.25) is 0 Å². The lowest BCUT2D eigenvalue weighted by molar-refractivity contribution is 0.102. The molecule has 2 aromatic carbocycles. The van der Waals surface area contributed by atoms with Gasteiger partial charge in [-0.1, -0.05) is 41.1 Å². The number of hydrogen-bond acceptors (Lipinski definition) is 2. The number of amides is 1. The van der Waals surface area contributed by atoms with Gasteiger partial charge in [0, 0.05) is 10.0 Å². The van der Waals surface area contributed by atoms with Gasteiger partial charge in [-0.3, -0.25) is 4.79 Å². The molecule has 0 atom stereocenters. The van der Waals surface area contributed by atoms with Crippen LogP contribution in [-0.2, 0) is 6.42 Å². The zero-order chi connectivity index (χ0) is 14.5. The number of anilines is 1. The summed E-state index contributed by atoms with van der Waals surface area (Å²) in [5.74, 6) is -0.197. The third-order valence-corrected chi connectivity index (χ3v) is 3.49. The molecule has 0 aliphatic carbocycles. The second-order valence-corrected chi connectivity index (χ2v) is 5.18. The summed E-state index contributed by atoms with van der Waals surface area (Å²) in [6.07, 6.45) is 0.785. The Morgan fingerprint density at radius 3 is 2.75 bits per heavy atom. The van der Waals surface area contributed by atoms with Crippen molar-refractivity contribution in [2.24, 2.45) is 0 Å². The number of halogens is 1. The van der Waals surface area contributed by atoms with E-state index in [2.05, 4.69) is 27.3 Å². The number of carbonyl (C=O) groups excluding carboxylic acids is 1. The molecule has 100 valence electrons. The number of rotatable bonds is 3. The van der Waals surface area contributed by atoms with E-state index in [-0.39, 0.29) is 5.91 Å². The summed E-state index contributed by atoms with van der Waals surface area (Å²) in [6.45, 7) is 2.01. The molecular formula is C16H13BrN2O. The Morgan fingerprint density at radius 2 is 2.05 bits per heavy atom. The highest BCUT2D eigenvalue weighted by Crippen LogP contribution is 2.22. The Morgan fingerprint density at radius 1 is 1.30 bits per heavy atom. The van der Waals surface area contributed by atoms with Gasteiger partial charge in [0.2, 0.25) is 0 Å². The lowest BCUT2D eigenvalue weighted by atomic mass is 10.0. The molecule has 3 nitrogen and oxygen atoms in total. The van der Waals surface area contributed by atoms with Gasteiger partial charge in [0.1, 0.15) is 6.07 Å². The number of carbonyl (C=O) groups is 1. The second kappa shape index (κ2) is 6.36.